The van der Waals surface area contributed by atoms with Crippen molar-refractivity contribution < 1.29 is 0 Å². The van der Waals surface area contributed by atoms with Crippen LogP contribution in [0.5, 0.6) is 0 Å². The fraction of sp³-hybridized carbons (Fsp3) is 0. The Hall–Kier alpha value is -6.84. The van der Waals surface area contributed by atoms with Crippen molar-refractivity contribution in [1.82, 2.24) is 9.13 Å². The molecule has 10 rings (SSSR count). The summed E-state index contributed by atoms with van der Waals surface area (Å²) in [6, 6.07) is 72.1. The Morgan fingerprint density at radius 1 is 0.314 bits per heavy atom. The second-order valence-electron chi connectivity index (χ2n) is 13.0. The van der Waals surface area contributed by atoms with Gasteiger partial charge in [0.2, 0.25) is 0 Å². The largest absolute Gasteiger partial charge is 0.310 e. The monoisotopic (exact) mass is 651 g/mol. The van der Waals surface area contributed by atoms with Gasteiger partial charge in [0.15, 0.2) is 0 Å². The minimum Gasteiger partial charge on any atom is -0.310 e. The molecule has 0 saturated carbocycles. The van der Waals surface area contributed by atoms with Gasteiger partial charge in [0.1, 0.15) is 0 Å². The molecule has 0 fully saturated rings. The van der Waals surface area contributed by atoms with Crippen LogP contribution in [0.25, 0.3) is 66.1 Å². The molecule has 0 spiro atoms. The summed E-state index contributed by atoms with van der Waals surface area (Å²) in [6.45, 7) is 0. The number of fused-ring (bicyclic) bond motifs is 6. The Morgan fingerprint density at radius 2 is 0.804 bits per heavy atom. The molecule has 0 atom stereocenters. The molecule has 240 valence electrons. The predicted octanol–water partition coefficient (Wildman–Crippen LogP) is 13.0. The fourth-order valence-electron chi connectivity index (χ4n) is 7.88. The van der Waals surface area contributed by atoms with E-state index in [-0.39, 0.29) is 0 Å². The molecule has 0 amide bonds. The first kappa shape index (κ1) is 29.1. The molecule has 0 saturated heterocycles. The summed E-state index contributed by atoms with van der Waals surface area (Å²) in [7, 11) is 0. The van der Waals surface area contributed by atoms with Crippen molar-refractivity contribution in [2.45, 2.75) is 0 Å². The van der Waals surface area contributed by atoms with Crippen LogP contribution in [-0.4, -0.2) is 9.13 Å². The minimum atomic E-state index is 1.09. The maximum Gasteiger partial charge on any atom is 0.0562 e. The van der Waals surface area contributed by atoms with Gasteiger partial charge in [-0.25, -0.2) is 0 Å². The van der Waals surface area contributed by atoms with Crippen LogP contribution in [0.2, 0.25) is 0 Å². The number of benzene rings is 8. The smallest absolute Gasteiger partial charge is 0.0562 e. The van der Waals surface area contributed by atoms with Crippen molar-refractivity contribution in [3.05, 3.63) is 200 Å². The first-order valence-corrected chi connectivity index (χ1v) is 17.5. The van der Waals surface area contributed by atoms with E-state index < -0.39 is 0 Å². The zero-order chi connectivity index (χ0) is 33.7. The molecule has 0 unspecified atom stereocenters. The van der Waals surface area contributed by atoms with Crippen molar-refractivity contribution >= 4 is 60.7 Å². The normalized spacial score (nSPS) is 11.5. The van der Waals surface area contributed by atoms with Gasteiger partial charge in [-0.15, -0.1) is 0 Å². The molecule has 10 aromatic rings. The average Bonchev–Trinajstić information content (AvgIpc) is 3.73. The first-order chi connectivity index (χ1) is 25.3. The first-order valence-electron chi connectivity index (χ1n) is 17.5. The molecule has 0 radical (unpaired) electrons. The molecule has 3 heteroatoms. The standard InChI is InChI=1S/C48H33N3/c1-3-15-34(16-4-1)35-17-13-20-39(33-35)49(37-29-31-38(32-30-37)50-43-24-10-7-21-40(43)41-22-8-11-25-44(41)50)46-27-14-28-47-48(46)42-23-9-12-26-45(42)51(47)36-18-5-2-6-19-36/h1-33H. The summed E-state index contributed by atoms with van der Waals surface area (Å²) in [6.07, 6.45) is 0. The Kier molecular flexibility index (Phi) is 6.81. The van der Waals surface area contributed by atoms with Crippen LogP contribution >= 0.6 is 0 Å². The Morgan fingerprint density at radius 3 is 1.49 bits per heavy atom. The number of para-hydroxylation sites is 4. The van der Waals surface area contributed by atoms with Crippen LogP contribution in [0.3, 0.4) is 0 Å². The van der Waals surface area contributed by atoms with E-state index in [1.54, 1.807) is 0 Å². The number of aromatic nitrogens is 2. The Balaban J connectivity index is 1.21. The van der Waals surface area contributed by atoms with Crippen molar-refractivity contribution in [1.29, 1.82) is 0 Å². The topological polar surface area (TPSA) is 13.1 Å². The molecule has 3 nitrogen and oxygen atoms in total. The van der Waals surface area contributed by atoms with Gasteiger partial charge in [0.05, 0.1) is 27.8 Å². The maximum atomic E-state index is 2.42. The highest BCUT2D eigenvalue weighted by Crippen LogP contribution is 2.44. The molecule has 0 N–H and O–H groups in total. The Bertz CT molecular complexity index is 2790. The summed E-state index contributed by atoms with van der Waals surface area (Å²) in [5.74, 6) is 0. The highest BCUT2D eigenvalue weighted by molar-refractivity contribution is 6.16. The van der Waals surface area contributed by atoms with Crippen molar-refractivity contribution in [3.63, 3.8) is 0 Å². The van der Waals surface area contributed by atoms with Crippen molar-refractivity contribution in [3.8, 4) is 22.5 Å². The second-order valence-corrected chi connectivity index (χ2v) is 13.0. The third-order valence-electron chi connectivity index (χ3n) is 10.1. The van der Waals surface area contributed by atoms with Crippen LogP contribution in [0.15, 0.2) is 200 Å². The lowest BCUT2D eigenvalue weighted by Gasteiger charge is -2.27. The van der Waals surface area contributed by atoms with Crippen molar-refractivity contribution in [2.24, 2.45) is 0 Å². The van der Waals surface area contributed by atoms with Gasteiger partial charge in [-0.3, -0.25) is 0 Å². The highest BCUT2D eigenvalue weighted by atomic mass is 15.1. The second kappa shape index (κ2) is 11.9. The molecule has 0 aliphatic rings. The van der Waals surface area contributed by atoms with Crippen LogP contribution < -0.4 is 4.90 Å². The lowest BCUT2D eigenvalue weighted by Crippen LogP contribution is -2.11. The molecule has 2 aromatic heterocycles. The molecule has 0 bridgehead atoms. The van der Waals surface area contributed by atoms with Crippen molar-refractivity contribution in [2.75, 3.05) is 4.90 Å². The summed E-state index contributed by atoms with van der Waals surface area (Å²) in [5.41, 5.74) is 12.7. The van der Waals surface area contributed by atoms with Crippen LogP contribution in [0.1, 0.15) is 0 Å². The van der Waals surface area contributed by atoms with E-state index in [9.17, 15) is 0 Å². The summed E-state index contributed by atoms with van der Waals surface area (Å²) < 4.78 is 4.76. The summed E-state index contributed by atoms with van der Waals surface area (Å²) in [4.78, 5) is 2.42. The lowest BCUT2D eigenvalue weighted by atomic mass is 10.0. The maximum absolute atomic E-state index is 2.42. The van der Waals surface area contributed by atoms with Crippen LogP contribution in [0, 0.1) is 0 Å². The number of hydrogen-bond acceptors (Lipinski definition) is 1. The molecule has 0 aliphatic carbocycles. The number of rotatable bonds is 6. The van der Waals surface area contributed by atoms with E-state index in [1.807, 2.05) is 0 Å². The van der Waals surface area contributed by atoms with E-state index in [0.29, 0.717) is 0 Å². The van der Waals surface area contributed by atoms with Gasteiger partial charge < -0.3 is 14.0 Å². The number of nitrogens with zero attached hydrogens (tertiary/aromatic N) is 3. The quantitative estimate of drug-likeness (QED) is 0.174. The molecule has 0 aliphatic heterocycles. The minimum absolute atomic E-state index is 1.09. The predicted molar refractivity (Wildman–Crippen MR) is 215 cm³/mol. The summed E-state index contributed by atoms with van der Waals surface area (Å²) >= 11 is 0. The van der Waals surface area contributed by atoms with E-state index in [4.69, 9.17) is 0 Å². The molecule has 51 heavy (non-hydrogen) atoms. The van der Waals surface area contributed by atoms with Gasteiger partial charge in [0, 0.05) is 44.3 Å². The molecular formula is C48H33N3. The van der Waals surface area contributed by atoms with Crippen LogP contribution in [-0.2, 0) is 0 Å². The molecule has 2 heterocycles. The fourth-order valence-corrected chi connectivity index (χ4v) is 7.88. The van der Waals surface area contributed by atoms with Gasteiger partial charge in [-0.2, -0.15) is 0 Å². The van der Waals surface area contributed by atoms with E-state index in [1.165, 1.54) is 54.7 Å². The van der Waals surface area contributed by atoms with E-state index >= 15 is 0 Å². The van der Waals surface area contributed by atoms with Crippen LogP contribution in [0.4, 0.5) is 17.1 Å². The zero-order valence-corrected chi connectivity index (χ0v) is 27.9. The highest BCUT2D eigenvalue weighted by Gasteiger charge is 2.21. The number of anilines is 3. The van der Waals surface area contributed by atoms with Gasteiger partial charge in [0.25, 0.3) is 0 Å². The van der Waals surface area contributed by atoms with Gasteiger partial charge in [-0.1, -0.05) is 121 Å². The SMILES string of the molecule is c1ccc(-c2cccc(N(c3ccc(-n4c5ccccc5c5ccccc54)cc3)c3cccc4c3c3ccccc3n4-c3ccccc3)c2)cc1. The van der Waals surface area contributed by atoms with E-state index in [2.05, 4.69) is 214 Å². The zero-order valence-electron chi connectivity index (χ0n) is 27.9. The molecular weight excluding hydrogens is 619 g/mol. The third kappa shape index (κ3) is 4.74. The third-order valence-corrected chi connectivity index (χ3v) is 10.1. The average molecular weight is 652 g/mol. The molecule has 8 aromatic carbocycles. The Labute approximate surface area is 296 Å². The van der Waals surface area contributed by atoms with Gasteiger partial charge >= 0.3 is 0 Å². The lowest BCUT2D eigenvalue weighted by molar-refractivity contribution is 1.17. The van der Waals surface area contributed by atoms with E-state index in [0.717, 1.165) is 28.4 Å². The number of hydrogen-bond donors (Lipinski definition) is 0. The summed E-state index contributed by atoms with van der Waals surface area (Å²) in [5, 5.41) is 4.96. The van der Waals surface area contributed by atoms with Gasteiger partial charge in [-0.05, 0) is 90.0 Å².